The lowest BCUT2D eigenvalue weighted by Crippen LogP contribution is -2.22. The van der Waals surface area contributed by atoms with Crippen molar-refractivity contribution in [3.05, 3.63) is 74.8 Å². The average molecular weight is 375 g/mol. The second-order valence-corrected chi connectivity index (χ2v) is 6.35. The van der Waals surface area contributed by atoms with Gasteiger partial charge in [0.05, 0.1) is 5.69 Å². The lowest BCUT2D eigenvalue weighted by molar-refractivity contribution is 0.819. The van der Waals surface area contributed by atoms with Gasteiger partial charge in [-0.2, -0.15) is 0 Å². The van der Waals surface area contributed by atoms with Crippen LogP contribution in [-0.2, 0) is 13.5 Å². The minimum atomic E-state index is -0.131. The molecule has 0 saturated heterocycles. The Labute approximate surface area is 155 Å². The predicted octanol–water partition coefficient (Wildman–Crippen LogP) is 3.80. The second kappa shape index (κ2) is 7.68. The molecule has 0 aliphatic carbocycles. The number of nitrogens with zero attached hydrogens (tertiary/aromatic N) is 3. The van der Waals surface area contributed by atoms with Crippen LogP contribution < -0.4 is 10.9 Å². The zero-order valence-electron chi connectivity index (χ0n) is 13.5. The van der Waals surface area contributed by atoms with E-state index in [1.807, 2.05) is 18.2 Å². The maximum Gasteiger partial charge on any atom is 0.255 e. The Balaban J connectivity index is 1.78. The smallest absolute Gasteiger partial charge is 0.255 e. The highest BCUT2D eigenvalue weighted by molar-refractivity contribution is 6.35. The summed E-state index contributed by atoms with van der Waals surface area (Å²) in [6.07, 6.45) is 4.03. The molecule has 1 aromatic carbocycles. The molecule has 2 heterocycles. The standard InChI is InChI=1S/C18H16Cl2N4O/c1-24-17(25)11-16(13-4-7-21-8-5-13)23-18(24)22-9-6-12-2-3-14(19)10-15(12)20/h2-5,7-8,10-11H,6,9H2,1H3,(H,22,23). The number of aromatic nitrogens is 3. The molecule has 25 heavy (non-hydrogen) atoms. The van der Waals surface area contributed by atoms with Crippen molar-refractivity contribution < 1.29 is 0 Å². The number of pyridine rings is 1. The quantitative estimate of drug-likeness (QED) is 0.737. The molecule has 128 valence electrons. The fourth-order valence-electron chi connectivity index (χ4n) is 2.40. The third kappa shape index (κ3) is 4.18. The first-order valence-electron chi connectivity index (χ1n) is 7.71. The first-order valence-corrected chi connectivity index (χ1v) is 8.46. The highest BCUT2D eigenvalue weighted by Crippen LogP contribution is 2.21. The van der Waals surface area contributed by atoms with Crippen LogP contribution in [0.3, 0.4) is 0 Å². The fraction of sp³-hybridized carbons (Fsp3) is 0.167. The van der Waals surface area contributed by atoms with Crippen LogP contribution in [0.1, 0.15) is 5.56 Å². The molecule has 0 saturated carbocycles. The molecule has 0 bridgehead atoms. The van der Waals surface area contributed by atoms with Gasteiger partial charge in [0, 0.05) is 47.7 Å². The van der Waals surface area contributed by atoms with Crippen LogP contribution in [0.25, 0.3) is 11.3 Å². The first kappa shape index (κ1) is 17.5. The van der Waals surface area contributed by atoms with Crippen LogP contribution in [0.4, 0.5) is 5.95 Å². The van der Waals surface area contributed by atoms with E-state index in [4.69, 9.17) is 23.2 Å². The number of benzene rings is 1. The van der Waals surface area contributed by atoms with Crippen molar-refractivity contribution >= 4 is 29.2 Å². The number of halogens is 2. The maximum atomic E-state index is 12.2. The molecule has 1 N–H and O–H groups in total. The van der Waals surface area contributed by atoms with Crippen LogP contribution in [0, 0.1) is 0 Å². The number of hydrogen-bond acceptors (Lipinski definition) is 4. The van der Waals surface area contributed by atoms with Crippen LogP contribution >= 0.6 is 23.2 Å². The van der Waals surface area contributed by atoms with Gasteiger partial charge in [0.2, 0.25) is 5.95 Å². The predicted molar refractivity (Wildman–Crippen MR) is 101 cm³/mol. The highest BCUT2D eigenvalue weighted by Gasteiger charge is 2.08. The molecule has 3 rings (SSSR count). The largest absolute Gasteiger partial charge is 0.355 e. The minimum Gasteiger partial charge on any atom is -0.355 e. The van der Waals surface area contributed by atoms with E-state index in [9.17, 15) is 4.79 Å². The Kier molecular flexibility index (Phi) is 5.36. The van der Waals surface area contributed by atoms with Crippen LogP contribution in [0.5, 0.6) is 0 Å². The number of nitrogens with one attached hydrogen (secondary N) is 1. The Morgan fingerprint density at radius 2 is 1.88 bits per heavy atom. The van der Waals surface area contributed by atoms with Gasteiger partial charge in [-0.3, -0.25) is 14.3 Å². The summed E-state index contributed by atoms with van der Waals surface area (Å²) in [6.45, 7) is 0.585. The van der Waals surface area contributed by atoms with Crippen molar-refractivity contribution in [1.82, 2.24) is 14.5 Å². The van der Waals surface area contributed by atoms with E-state index in [1.54, 1.807) is 31.6 Å². The number of rotatable bonds is 5. The van der Waals surface area contributed by atoms with Gasteiger partial charge in [-0.1, -0.05) is 29.3 Å². The third-order valence-electron chi connectivity index (χ3n) is 3.80. The van der Waals surface area contributed by atoms with Crippen LogP contribution in [0.15, 0.2) is 53.6 Å². The van der Waals surface area contributed by atoms with E-state index in [2.05, 4.69) is 15.3 Å². The molecule has 0 aliphatic rings. The normalized spacial score (nSPS) is 10.7. The van der Waals surface area contributed by atoms with Gasteiger partial charge in [-0.05, 0) is 36.2 Å². The van der Waals surface area contributed by atoms with Gasteiger partial charge in [-0.25, -0.2) is 4.98 Å². The summed E-state index contributed by atoms with van der Waals surface area (Å²) in [6, 6.07) is 10.6. The molecular weight excluding hydrogens is 359 g/mol. The summed E-state index contributed by atoms with van der Waals surface area (Å²) in [7, 11) is 1.68. The SMILES string of the molecule is Cn1c(NCCc2ccc(Cl)cc2Cl)nc(-c2ccncc2)cc1=O. The molecule has 0 amide bonds. The summed E-state index contributed by atoms with van der Waals surface area (Å²) >= 11 is 12.1. The second-order valence-electron chi connectivity index (χ2n) is 5.51. The average Bonchev–Trinajstić information content (AvgIpc) is 2.61. The Bertz CT molecular complexity index is 942. The van der Waals surface area contributed by atoms with Gasteiger partial charge in [-0.15, -0.1) is 0 Å². The Morgan fingerprint density at radius 1 is 1.12 bits per heavy atom. The minimum absolute atomic E-state index is 0.131. The Hall–Kier alpha value is -2.37. The van der Waals surface area contributed by atoms with Crippen molar-refractivity contribution in [2.75, 3.05) is 11.9 Å². The van der Waals surface area contributed by atoms with Crippen molar-refractivity contribution in [1.29, 1.82) is 0 Å². The molecule has 3 aromatic rings. The zero-order chi connectivity index (χ0) is 17.8. The molecule has 7 heteroatoms. The lowest BCUT2D eigenvalue weighted by atomic mass is 10.1. The van der Waals surface area contributed by atoms with Crippen molar-refractivity contribution in [3.63, 3.8) is 0 Å². The molecule has 2 aromatic heterocycles. The van der Waals surface area contributed by atoms with Gasteiger partial charge < -0.3 is 5.32 Å². The lowest BCUT2D eigenvalue weighted by Gasteiger charge is -2.12. The molecule has 0 spiro atoms. The van der Waals surface area contributed by atoms with Crippen molar-refractivity contribution in [2.45, 2.75) is 6.42 Å². The fourth-order valence-corrected chi connectivity index (χ4v) is 2.90. The summed E-state index contributed by atoms with van der Waals surface area (Å²) in [5.41, 5.74) is 2.30. The molecular formula is C18H16Cl2N4O. The summed E-state index contributed by atoms with van der Waals surface area (Å²) in [5, 5.41) is 4.43. The van der Waals surface area contributed by atoms with E-state index < -0.39 is 0 Å². The molecule has 0 fully saturated rings. The van der Waals surface area contributed by atoms with E-state index in [-0.39, 0.29) is 5.56 Å². The molecule has 5 nitrogen and oxygen atoms in total. The third-order valence-corrected chi connectivity index (χ3v) is 4.39. The summed E-state index contributed by atoms with van der Waals surface area (Å²) in [4.78, 5) is 20.7. The molecule has 0 aliphatic heterocycles. The number of hydrogen-bond donors (Lipinski definition) is 1. The van der Waals surface area contributed by atoms with Gasteiger partial charge >= 0.3 is 0 Å². The van der Waals surface area contributed by atoms with E-state index in [0.717, 1.165) is 11.1 Å². The first-order chi connectivity index (χ1) is 12.0. The Morgan fingerprint density at radius 3 is 2.60 bits per heavy atom. The topological polar surface area (TPSA) is 59.8 Å². The highest BCUT2D eigenvalue weighted by atomic mass is 35.5. The molecule has 0 unspecified atom stereocenters. The summed E-state index contributed by atoms with van der Waals surface area (Å²) in [5.74, 6) is 0.504. The zero-order valence-corrected chi connectivity index (χ0v) is 15.1. The van der Waals surface area contributed by atoms with Gasteiger partial charge in [0.1, 0.15) is 0 Å². The van der Waals surface area contributed by atoms with E-state index in [1.165, 1.54) is 10.6 Å². The van der Waals surface area contributed by atoms with E-state index >= 15 is 0 Å². The van der Waals surface area contributed by atoms with Crippen LogP contribution in [-0.4, -0.2) is 21.1 Å². The van der Waals surface area contributed by atoms with E-state index in [0.29, 0.717) is 34.7 Å². The van der Waals surface area contributed by atoms with Crippen molar-refractivity contribution in [3.8, 4) is 11.3 Å². The maximum absolute atomic E-state index is 12.2. The monoisotopic (exact) mass is 374 g/mol. The van der Waals surface area contributed by atoms with Gasteiger partial charge in [0.15, 0.2) is 0 Å². The number of anilines is 1. The van der Waals surface area contributed by atoms with Crippen molar-refractivity contribution in [2.24, 2.45) is 7.05 Å². The van der Waals surface area contributed by atoms with Crippen LogP contribution in [0.2, 0.25) is 10.0 Å². The molecule has 0 atom stereocenters. The summed E-state index contributed by atoms with van der Waals surface area (Å²) < 4.78 is 1.48. The van der Waals surface area contributed by atoms with Gasteiger partial charge in [0.25, 0.3) is 5.56 Å². The molecule has 0 radical (unpaired) electrons.